The molecular weight excluding hydrogens is 424 g/mol. The van der Waals surface area contributed by atoms with Gasteiger partial charge in [-0.15, -0.1) is 0 Å². The summed E-state index contributed by atoms with van der Waals surface area (Å²) in [5.41, 5.74) is 4.15. The van der Waals surface area contributed by atoms with E-state index in [1.165, 1.54) is 10.5 Å². The van der Waals surface area contributed by atoms with Crippen molar-refractivity contribution in [1.29, 1.82) is 0 Å². The first-order valence-electron chi connectivity index (χ1n) is 10.7. The number of carbonyl (C=O) groups is 2. The van der Waals surface area contributed by atoms with Gasteiger partial charge in [0.2, 0.25) is 5.91 Å². The molecule has 0 aliphatic carbocycles. The molecule has 0 unspecified atom stereocenters. The largest absolute Gasteiger partial charge is 0.273 e. The number of aryl methyl sites for hydroxylation is 1. The van der Waals surface area contributed by atoms with Crippen LogP contribution in [0.4, 0.5) is 11.4 Å². The number of anilines is 2. The van der Waals surface area contributed by atoms with Gasteiger partial charge in [0.25, 0.3) is 5.91 Å². The van der Waals surface area contributed by atoms with Crippen LogP contribution in [0.5, 0.6) is 0 Å². The van der Waals surface area contributed by atoms with Gasteiger partial charge in [-0.05, 0) is 54.3 Å². The van der Waals surface area contributed by atoms with Gasteiger partial charge in [-0.25, -0.2) is 9.96 Å². The van der Waals surface area contributed by atoms with Crippen LogP contribution in [0.15, 0.2) is 72.8 Å². The van der Waals surface area contributed by atoms with Gasteiger partial charge in [-0.1, -0.05) is 67.1 Å². The van der Waals surface area contributed by atoms with Crippen molar-refractivity contribution >= 4 is 34.8 Å². The third kappa shape index (κ3) is 3.20. The van der Waals surface area contributed by atoms with Crippen LogP contribution in [-0.4, -0.2) is 17.9 Å². The number of para-hydroxylation sites is 1. The van der Waals surface area contributed by atoms with E-state index in [0.29, 0.717) is 16.3 Å². The molecule has 3 atom stereocenters. The fourth-order valence-corrected chi connectivity index (χ4v) is 4.75. The minimum atomic E-state index is -0.892. The van der Waals surface area contributed by atoms with E-state index < -0.39 is 18.1 Å². The number of hydrogen-bond donors (Lipinski definition) is 0. The number of benzene rings is 3. The molecule has 162 valence electrons. The second-order valence-electron chi connectivity index (χ2n) is 8.15. The van der Waals surface area contributed by atoms with Crippen molar-refractivity contribution in [2.24, 2.45) is 5.92 Å². The molecule has 32 heavy (non-hydrogen) atoms. The normalized spacial score (nSPS) is 22.5. The number of hydroxylamine groups is 1. The summed E-state index contributed by atoms with van der Waals surface area (Å²) in [6.45, 7) is 3.91. The molecule has 2 aliphatic rings. The lowest BCUT2D eigenvalue weighted by Gasteiger charge is -2.29. The predicted octanol–water partition coefficient (Wildman–Crippen LogP) is 5.26. The summed E-state index contributed by atoms with van der Waals surface area (Å²) in [6, 6.07) is 22.6. The van der Waals surface area contributed by atoms with E-state index in [9.17, 15) is 9.59 Å². The molecule has 0 aromatic heterocycles. The Hall–Kier alpha value is -3.15. The van der Waals surface area contributed by atoms with Crippen molar-refractivity contribution < 1.29 is 14.4 Å². The summed E-state index contributed by atoms with van der Waals surface area (Å²) in [7, 11) is 0. The SMILES string of the molecule is CCc1ccc([C@@H]2[C@H]3C(=O)N(c4cccc(Cl)c4C)C(=O)[C@H]3ON2c2ccccc2)cc1. The van der Waals surface area contributed by atoms with Crippen LogP contribution >= 0.6 is 11.6 Å². The van der Waals surface area contributed by atoms with Gasteiger partial charge < -0.3 is 0 Å². The van der Waals surface area contributed by atoms with Crippen molar-refractivity contribution in [1.82, 2.24) is 0 Å². The lowest BCUT2D eigenvalue weighted by molar-refractivity contribution is -0.126. The van der Waals surface area contributed by atoms with Crippen molar-refractivity contribution in [3.63, 3.8) is 0 Å². The van der Waals surface area contributed by atoms with E-state index in [1.807, 2.05) is 49.4 Å². The molecule has 3 aromatic rings. The van der Waals surface area contributed by atoms with Crippen LogP contribution in [-0.2, 0) is 20.8 Å². The van der Waals surface area contributed by atoms with Crippen molar-refractivity contribution in [2.45, 2.75) is 32.4 Å². The Kier molecular flexibility index (Phi) is 5.24. The molecule has 6 heteroatoms. The van der Waals surface area contributed by atoms with E-state index in [1.54, 1.807) is 23.3 Å². The molecule has 0 N–H and O–H groups in total. The van der Waals surface area contributed by atoms with Crippen LogP contribution in [0.25, 0.3) is 0 Å². The summed E-state index contributed by atoms with van der Waals surface area (Å²) < 4.78 is 0. The average molecular weight is 447 g/mol. The minimum Gasteiger partial charge on any atom is -0.273 e. The molecule has 2 amide bonds. The predicted molar refractivity (Wildman–Crippen MR) is 125 cm³/mol. The molecule has 2 heterocycles. The number of imide groups is 1. The van der Waals surface area contributed by atoms with Crippen LogP contribution in [0.3, 0.4) is 0 Å². The first-order chi connectivity index (χ1) is 15.5. The quantitative estimate of drug-likeness (QED) is 0.513. The lowest BCUT2D eigenvalue weighted by Crippen LogP contribution is -2.37. The molecule has 5 rings (SSSR count). The molecule has 2 saturated heterocycles. The van der Waals surface area contributed by atoms with E-state index in [2.05, 4.69) is 19.1 Å². The Labute approximate surface area is 192 Å². The van der Waals surface area contributed by atoms with Crippen LogP contribution in [0, 0.1) is 12.8 Å². The first kappa shape index (κ1) is 20.7. The Morgan fingerprint density at radius 2 is 1.62 bits per heavy atom. The van der Waals surface area contributed by atoms with E-state index in [0.717, 1.165) is 17.7 Å². The zero-order chi connectivity index (χ0) is 22.4. The monoisotopic (exact) mass is 446 g/mol. The fourth-order valence-electron chi connectivity index (χ4n) is 4.58. The summed E-state index contributed by atoms with van der Waals surface area (Å²) >= 11 is 6.28. The first-order valence-corrected chi connectivity index (χ1v) is 11.1. The molecule has 0 radical (unpaired) electrons. The number of nitrogens with zero attached hydrogens (tertiary/aromatic N) is 2. The lowest BCUT2D eigenvalue weighted by atomic mass is 9.90. The third-order valence-electron chi connectivity index (χ3n) is 6.34. The molecule has 2 fully saturated rings. The van der Waals surface area contributed by atoms with Crippen LogP contribution in [0.1, 0.15) is 29.7 Å². The highest BCUT2D eigenvalue weighted by molar-refractivity contribution is 6.32. The van der Waals surface area contributed by atoms with Gasteiger partial charge in [-0.2, -0.15) is 0 Å². The fraction of sp³-hybridized carbons (Fsp3) is 0.231. The number of carbonyl (C=O) groups excluding carboxylic acids is 2. The van der Waals surface area contributed by atoms with Gasteiger partial charge in [0.1, 0.15) is 5.92 Å². The maximum Gasteiger partial charge on any atom is 0.266 e. The second kappa shape index (κ2) is 8.08. The Morgan fingerprint density at radius 3 is 2.31 bits per heavy atom. The minimum absolute atomic E-state index is 0.270. The smallest absolute Gasteiger partial charge is 0.266 e. The van der Waals surface area contributed by atoms with Gasteiger partial charge in [0.05, 0.1) is 17.4 Å². The molecule has 3 aromatic carbocycles. The Bertz CT molecular complexity index is 1180. The molecular formula is C26H23ClN2O3. The van der Waals surface area contributed by atoms with Crippen molar-refractivity contribution in [3.05, 3.63) is 94.5 Å². The highest BCUT2D eigenvalue weighted by atomic mass is 35.5. The number of rotatable bonds is 4. The van der Waals surface area contributed by atoms with Gasteiger partial charge in [0.15, 0.2) is 6.10 Å². The number of amides is 2. The average Bonchev–Trinajstić information content (AvgIpc) is 3.33. The van der Waals surface area contributed by atoms with Gasteiger partial charge in [-0.3, -0.25) is 14.4 Å². The highest BCUT2D eigenvalue weighted by Crippen LogP contribution is 2.48. The number of halogens is 1. The van der Waals surface area contributed by atoms with Crippen molar-refractivity contribution in [2.75, 3.05) is 9.96 Å². The van der Waals surface area contributed by atoms with Gasteiger partial charge in [0, 0.05) is 5.02 Å². The maximum absolute atomic E-state index is 13.7. The number of fused-ring (bicyclic) bond motifs is 1. The molecule has 0 spiro atoms. The van der Waals surface area contributed by atoms with E-state index in [-0.39, 0.29) is 11.8 Å². The second-order valence-corrected chi connectivity index (χ2v) is 8.56. The molecule has 2 aliphatic heterocycles. The Morgan fingerprint density at radius 1 is 0.906 bits per heavy atom. The van der Waals surface area contributed by atoms with Crippen LogP contribution in [0.2, 0.25) is 5.02 Å². The summed E-state index contributed by atoms with van der Waals surface area (Å²) in [6.07, 6.45) is 0.0340. The summed E-state index contributed by atoms with van der Waals surface area (Å²) in [5.74, 6) is -1.29. The zero-order valence-corrected chi connectivity index (χ0v) is 18.6. The number of hydrogen-bond acceptors (Lipinski definition) is 4. The standard InChI is InChI=1S/C26H23ClN2O3/c1-3-17-12-14-18(15-13-17)23-22-24(32-29(23)19-8-5-4-6-9-19)26(31)28(25(22)30)21-11-7-10-20(27)16(21)2/h4-15,22-24H,3H2,1-2H3/t22-,23-,24+/m1/s1. The van der Waals surface area contributed by atoms with Crippen LogP contribution < -0.4 is 9.96 Å². The third-order valence-corrected chi connectivity index (χ3v) is 6.75. The molecule has 5 nitrogen and oxygen atoms in total. The zero-order valence-electron chi connectivity index (χ0n) is 17.9. The summed E-state index contributed by atoms with van der Waals surface area (Å²) in [4.78, 5) is 34.6. The highest BCUT2D eigenvalue weighted by Gasteiger charge is 2.60. The molecule has 0 saturated carbocycles. The maximum atomic E-state index is 13.7. The topological polar surface area (TPSA) is 49.9 Å². The van der Waals surface area contributed by atoms with Crippen molar-refractivity contribution in [3.8, 4) is 0 Å². The van der Waals surface area contributed by atoms with Gasteiger partial charge >= 0.3 is 0 Å². The summed E-state index contributed by atoms with van der Waals surface area (Å²) in [5, 5.41) is 2.23. The molecule has 0 bridgehead atoms. The van der Waals surface area contributed by atoms with E-state index >= 15 is 0 Å². The Balaban J connectivity index is 1.59. The van der Waals surface area contributed by atoms with E-state index in [4.69, 9.17) is 16.4 Å².